The van der Waals surface area contributed by atoms with Gasteiger partial charge in [-0.3, -0.25) is 10.1 Å². The molecule has 104 valence electrons. The zero-order valence-electron chi connectivity index (χ0n) is 11.3. The van der Waals surface area contributed by atoms with E-state index in [4.69, 9.17) is 11.6 Å². The molecule has 2 aromatic rings. The van der Waals surface area contributed by atoms with E-state index in [9.17, 15) is 10.1 Å². The summed E-state index contributed by atoms with van der Waals surface area (Å²) in [6.45, 7) is 4.77. The molecule has 4 nitrogen and oxygen atoms in total. The fourth-order valence-electron chi connectivity index (χ4n) is 2.01. The Balaban J connectivity index is 2.11. The highest BCUT2D eigenvalue weighted by Crippen LogP contribution is 2.27. The third-order valence-electron chi connectivity index (χ3n) is 3.13. The molecule has 2 rings (SSSR count). The van der Waals surface area contributed by atoms with Gasteiger partial charge in [-0.2, -0.15) is 0 Å². The fourth-order valence-corrected chi connectivity index (χ4v) is 2.26. The molecule has 0 bridgehead atoms. The average Bonchev–Trinajstić information content (AvgIpc) is 2.37. The summed E-state index contributed by atoms with van der Waals surface area (Å²) in [6, 6.07) is 10.9. The number of anilines is 1. The van der Waals surface area contributed by atoms with E-state index in [1.165, 1.54) is 22.8 Å². The largest absolute Gasteiger partial charge is 0.381 e. The first kappa shape index (κ1) is 14.3. The Labute approximate surface area is 122 Å². The summed E-state index contributed by atoms with van der Waals surface area (Å²) in [5, 5.41) is 14.1. The summed E-state index contributed by atoms with van der Waals surface area (Å²) in [7, 11) is 0. The number of nitrogens with one attached hydrogen (secondary N) is 1. The second kappa shape index (κ2) is 5.92. The van der Waals surface area contributed by atoms with Gasteiger partial charge in [0.25, 0.3) is 5.69 Å². The van der Waals surface area contributed by atoms with Crippen LogP contribution in [0, 0.1) is 24.0 Å². The van der Waals surface area contributed by atoms with Crippen molar-refractivity contribution >= 4 is 23.0 Å². The number of halogens is 1. The minimum atomic E-state index is -0.490. The first-order chi connectivity index (χ1) is 9.47. The minimum absolute atomic E-state index is 0.0799. The van der Waals surface area contributed by atoms with Crippen LogP contribution in [0.4, 0.5) is 11.4 Å². The summed E-state index contributed by atoms with van der Waals surface area (Å²) in [5.41, 5.74) is 4.31. The van der Waals surface area contributed by atoms with Gasteiger partial charge in [0.1, 0.15) is 5.02 Å². The zero-order valence-corrected chi connectivity index (χ0v) is 12.1. The smallest absolute Gasteiger partial charge is 0.288 e. The van der Waals surface area contributed by atoms with Crippen molar-refractivity contribution in [1.29, 1.82) is 0 Å². The van der Waals surface area contributed by atoms with E-state index in [0.29, 0.717) is 6.54 Å². The molecular formula is C15H15ClN2O2. The normalized spacial score (nSPS) is 10.3. The van der Waals surface area contributed by atoms with Crippen molar-refractivity contribution in [3.8, 4) is 0 Å². The van der Waals surface area contributed by atoms with Gasteiger partial charge in [-0.1, -0.05) is 35.4 Å². The van der Waals surface area contributed by atoms with Crippen LogP contribution in [0.5, 0.6) is 0 Å². The van der Waals surface area contributed by atoms with Gasteiger partial charge in [0, 0.05) is 18.3 Å². The lowest BCUT2D eigenvalue weighted by atomic mass is 10.1. The number of hydrogen-bond acceptors (Lipinski definition) is 3. The van der Waals surface area contributed by atoms with E-state index in [0.717, 1.165) is 5.69 Å². The molecule has 0 heterocycles. The van der Waals surface area contributed by atoms with E-state index in [-0.39, 0.29) is 10.7 Å². The highest BCUT2D eigenvalue weighted by Gasteiger charge is 2.11. The Morgan fingerprint density at radius 3 is 2.55 bits per heavy atom. The lowest BCUT2D eigenvalue weighted by Gasteiger charge is -2.10. The van der Waals surface area contributed by atoms with Gasteiger partial charge in [0.2, 0.25) is 0 Å². The SMILES string of the molecule is Cc1ccc(CNc2ccc([N+](=O)[O-])c(Cl)c2)c(C)c1. The Morgan fingerprint density at radius 1 is 1.20 bits per heavy atom. The van der Waals surface area contributed by atoms with Crippen LogP contribution in [0.1, 0.15) is 16.7 Å². The van der Waals surface area contributed by atoms with Crippen LogP contribution in [0.25, 0.3) is 0 Å². The van der Waals surface area contributed by atoms with Crippen LogP contribution in [0.3, 0.4) is 0 Å². The summed E-state index contributed by atoms with van der Waals surface area (Å²) >= 11 is 5.88. The molecule has 0 unspecified atom stereocenters. The Bertz CT molecular complexity index is 656. The molecule has 0 aliphatic rings. The minimum Gasteiger partial charge on any atom is -0.381 e. The van der Waals surface area contributed by atoms with Crippen molar-refractivity contribution < 1.29 is 4.92 Å². The molecule has 0 amide bonds. The molecule has 0 radical (unpaired) electrons. The standard InChI is InChI=1S/C15H15ClN2O2/c1-10-3-4-12(11(2)7-10)9-17-13-5-6-15(18(19)20)14(16)8-13/h3-8,17H,9H2,1-2H3. The van der Waals surface area contributed by atoms with Crippen LogP contribution in [-0.2, 0) is 6.54 Å². The van der Waals surface area contributed by atoms with Gasteiger partial charge in [0.05, 0.1) is 4.92 Å². The van der Waals surface area contributed by atoms with Crippen LogP contribution in [-0.4, -0.2) is 4.92 Å². The predicted octanol–water partition coefficient (Wildman–Crippen LogP) is 4.48. The highest BCUT2D eigenvalue weighted by molar-refractivity contribution is 6.32. The lowest BCUT2D eigenvalue weighted by Crippen LogP contribution is -2.02. The number of hydrogen-bond donors (Lipinski definition) is 1. The van der Waals surface area contributed by atoms with E-state index in [1.54, 1.807) is 12.1 Å². The second-order valence-corrected chi connectivity index (χ2v) is 5.11. The molecule has 5 heteroatoms. The average molecular weight is 291 g/mol. The van der Waals surface area contributed by atoms with Crippen molar-refractivity contribution in [2.24, 2.45) is 0 Å². The quantitative estimate of drug-likeness (QED) is 0.667. The maximum Gasteiger partial charge on any atom is 0.288 e. The van der Waals surface area contributed by atoms with Crippen molar-refractivity contribution in [3.05, 3.63) is 68.2 Å². The predicted molar refractivity (Wildman–Crippen MR) is 81.3 cm³/mol. The van der Waals surface area contributed by atoms with Crippen molar-refractivity contribution in [3.63, 3.8) is 0 Å². The van der Waals surface area contributed by atoms with Crippen molar-refractivity contribution in [1.82, 2.24) is 0 Å². The number of nitrogens with zero attached hydrogens (tertiary/aromatic N) is 1. The molecule has 0 fully saturated rings. The second-order valence-electron chi connectivity index (χ2n) is 4.71. The molecule has 1 N–H and O–H groups in total. The molecule has 0 saturated heterocycles. The molecule has 0 aliphatic carbocycles. The van der Waals surface area contributed by atoms with Gasteiger partial charge < -0.3 is 5.32 Å². The van der Waals surface area contributed by atoms with Crippen LogP contribution in [0.15, 0.2) is 36.4 Å². The van der Waals surface area contributed by atoms with E-state index < -0.39 is 4.92 Å². The fraction of sp³-hybridized carbons (Fsp3) is 0.200. The highest BCUT2D eigenvalue weighted by atomic mass is 35.5. The third-order valence-corrected chi connectivity index (χ3v) is 3.43. The lowest BCUT2D eigenvalue weighted by molar-refractivity contribution is -0.384. The monoisotopic (exact) mass is 290 g/mol. The first-order valence-corrected chi connectivity index (χ1v) is 6.59. The molecule has 0 saturated carbocycles. The maximum atomic E-state index is 10.7. The number of benzene rings is 2. The summed E-state index contributed by atoms with van der Waals surface area (Å²) in [5.74, 6) is 0. The van der Waals surface area contributed by atoms with E-state index in [1.807, 2.05) is 0 Å². The van der Waals surface area contributed by atoms with Crippen molar-refractivity contribution in [2.75, 3.05) is 5.32 Å². The number of nitro benzene ring substituents is 1. The maximum absolute atomic E-state index is 10.7. The third kappa shape index (κ3) is 3.27. The summed E-state index contributed by atoms with van der Waals surface area (Å²) < 4.78 is 0. The molecule has 20 heavy (non-hydrogen) atoms. The van der Waals surface area contributed by atoms with E-state index in [2.05, 4.69) is 37.4 Å². The zero-order chi connectivity index (χ0) is 14.7. The number of nitro groups is 1. The first-order valence-electron chi connectivity index (χ1n) is 6.21. The van der Waals surface area contributed by atoms with Gasteiger partial charge in [-0.25, -0.2) is 0 Å². The Kier molecular flexibility index (Phi) is 4.25. The van der Waals surface area contributed by atoms with E-state index >= 15 is 0 Å². The van der Waals surface area contributed by atoms with Crippen LogP contribution < -0.4 is 5.32 Å². The van der Waals surface area contributed by atoms with Crippen LogP contribution in [0.2, 0.25) is 5.02 Å². The summed E-state index contributed by atoms with van der Waals surface area (Å²) in [4.78, 5) is 10.2. The van der Waals surface area contributed by atoms with Crippen LogP contribution >= 0.6 is 11.6 Å². The van der Waals surface area contributed by atoms with Gasteiger partial charge in [-0.15, -0.1) is 0 Å². The topological polar surface area (TPSA) is 55.2 Å². The molecule has 0 aromatic heterocycles. The van der Waals surface area contributed by atoms with Gasteiger partial charge in [0.15, 0.2) is 0 Å². The summed E-state index contributed by atoms with van der Waals surface area (Å²) in [6.07, 6.45) is 0. The van der Waals surface area contributed by atoms with Gasteiger partial charge in [-0.05, 0) is 37.1 Å². The molecule has 0 spiro atoms. The van der Waals surface area contributed by atoms with Gasteiger partial charge >= 0.3 is 0 Å². The number of rotatable bonds is 4. The Hall–Kier alpha value is -2.07. The molecule has 0 aliphatic heterocycles. The van der Waals surface area contributed by atoms with Crippen molar-refractivity contribution in [2.45, 2.75) is 20.4 Å². The number of aryl methyl sites for hydroxylation is 2. The molecule has 0 atom stereocenters. The molecular weight excluding hydrogens is 276 g/mol. The molecule has 2 aromatic carbocycles. The Morgan fingerprint density at radius 2 is 1.95 bits per heavy atom.